The first-order chi connectivity index (χ1) is 13.2. The monoisotopic (exact) mass is 385 g/mol. The molecule has 0 bridgehead atoms. The van der Waals surface area contributed by atoms with Crippen molar-refractivity contribution >= 4 is 23.4 Å². The molecule has 0 atom stereocenters. The van der Waals surface area contributed by atoms with Gasteiger partial charge in [0.15, 0.2) is 0 Å². The number of hydrogen-bond acceptors (Lipinski definition) is 4. The van der Waals surface area contributed by atoms with Gasteiger partial charge in [-0.25, -0.2) is 0 Å². The molecule has 2 aromatic carbocycles. The van der Waals surface area contributed by atoms with Crippen molar-refractivity contribution in [2.45, 2.75) is 62.2 Å². The van der Waals surface area contributed by atoms with Crippen LogP contribution in [0.1, 0.15) is 51.5 Å². The fraction of sp³-hybridized carbons (Fsp3) is 0.435. The summed E-state index contributed by atoms with van der Waals surface area (Å²) in [5, 5.41) is 3.49. The molecule has 0 amide bonds. The zero-order valence-corrected chi connectivity index (χ0v) is 17.3. The van der Waals surface area contributed by atoms with Gasteiger partial charge in [-0.15, -0.1) is 0 Å². The van der Waals surface area contributed by atoms with Gasteiger partial charge in [-0.1, -0.05) is 56.5 Å². The summed E-state index contributed by atoms with van der Waals surface area (Å²) in [4.78, 5) is 14.0. The number of unbranched alkanes of at least 4 members (excludes halogenated alkanes) is 4. The van der Waals surface area contributed by atoms with Crippen LogP contribution in [0.3, 0.4) is 0 Å². The molecule has 0 aliphatic heterocycles. The lowest BCUT2D eigenvalue weighted by atomic mass is 10.1. The van der Waals surface area contributed by atoms with Crippen molar-refractivity contribution in [3.8, 4) is 0 Å². The Hall–Kier alpha value is -1.94. The number of ether oxygens (including phenoxy) is 1. The normalized spacial score (nSPS) is 10.6. The van der Waals surface area contributed by atoms with Crippen LogP contribution in [0.5, 0.6) is 0 Å². The number of hydrogen-bond donors (Lipinski definition) is 1. The maximum absolute atomic E-state index is 11.6. The minimum absolute atomic E-state index is 0.176. The predicted octanol–water partition coefficient (Wildman–Crippen LogP) is 6.33. The highest BCUT2D eigenvalue weighted by Crippen LogP contribution is 2.29. The van der Waals surface area contributed by atoms with Crippen molar-refractivity contribution in [1.29, 1.82) is 0 Å². The molecule has 146 valence electrons. The van der Waals surface area contributed by atoms with Crippen molar-refractivity contribution in [1.82, 2.24) is 0 Å². The van der Waals surface area contributed by atoms with E-state index in [1.807, 2.05) is 19.1 Å². The lowest BCUT2D eigenvalue weighted by Gasteiger charge is -2.08. The van der Waals surface area contributed by atoms with E-state index in [9.17, 15) is 4.79 Å². The average Bonchev–Trinajstić information content (AvgIpc) is 2.66. The maximum atomic E-state index is 11.6. The van der Waals surface area contributed by atoms with Gasteiger partial charge in [-0.2, -0.15) is 0 Å². The zero-order chi connectivity index (χ0) is 19.3. The topological polar surface area (TPSA) is 38.3 Å². The van der Waals surface area contributed by atoms with Crippen molar-refractivity contribution in [2.24, 2.45) is 0 Å². The van der Waals surface area contributed by atoms with Gasteiger partial charge in [0.05, 0.1) is 13.0 Å². The van der Waals surface area contributed by atoms with Crippen molar-refractivity contribution < 1.29 is 9.53 Å². The van der Waals surface area contributed by atoms with E-state index in [1.54, 1.807) is 11.8 Å². The van der Waals surface area contributed by atoms with Crippen molar-refractivity contribution in [2.75, 3.05) is 18.5 Å². The molecule has 2 aromatic rings. The molecule has 3 nitrogen and oxygen atoms in total. The Morgan fingerprint density at radius 3 is 2.48 bits per heavy atom. The highest BCUT2D eigenvalue weighted by Gasteiger charge is 2.05. The van der Waals surface area contributed by atoms with Crippen LogP contribution in [-0.2, 0) is 16.0 Å². The highest BCUT2D eigenvalue weighted by atomic mass is 32.2. The smallest absolute Gasteiger partial charge is 0.310 e. The van der Waals surface area contributed by atoms with Gasteiger partial charge in [0, 0.05) is 22.0 Å². The first kappa shape index (κ1) is 21.4. The third-order valence-electron chi connectivity index (χ3n) is 4.25. The van der Waals surface area contributed by atoms with E-state index in [4.69, 9.17) is 4.74 Å². The summed E-state index contributed by atoms with van der Waals surface area (Å²) >= 11 is 1.71. The minimum atomic E-state index is -0.176. The molecule has 0 aromatic heterocycles. The molecule has 0 heterocycles. The van der Waals surface area contributed by atoms with Crippen molar-refractivity contribution in [3.63, 3.8) is 0 Å². The zero-order valence-electron chi connectivity index (χ0n) is 16.5. The molecule has 1 N–H and O–H groups in total. The number of carbonyl (C=O) groups is 1. The number of carbonyl (C=O) groups excluding carboxylic acids is 1. The van der Waals surface area contributed by atoms with Crippen LogP contribution in [-0.4, -0.2) is 19.1 Å². The van der Waals surface area contributed by atoms with E-state index in [-0.39, 0.29) is 5.97 Å². The van der Waals surface area contributed by atoms with E-state index < -0.39 is 0 Å². The van der Waals surface area contributed by atoms with Gasteiger partial charge < -0.3 is 10.1 Å². The standard InChI is InChI=1S/C23H31NO2S/c1-3-5-6-7-8-16-24-20-12-14-21(15-13-20)27-22-11-9-10-19(17-22)18-23(25)26-4-2/h9-15,17,24H,3-8,16,18H2,1-2H3. The van der Waals surface area contributed by atoms with Gasteiger partial charge in [0.25, 0.3) is 0 Å². The quantitative estimate of drug-likeness (QED) is 0.342. The Morgan fingerprint density at radius 1 is 0.963 bits per heavy atom. The van der Waals surface area contributed by atoms with E-state index in [0.29, 0.717) is 13.0 Å². The molecular formula is C23H31NO2S. The second-order valence-electron chi connectivity index (χ2n) is 6.60. The lowest BCUT2D eigenvalue weighted by molar-refractivity contribution is -0.142. The van der Waals surface area contributed by atoms with Crippen LogP contribution >= 0.6 is 11.8 Å². The van der Waals surface area contributed by atoms with Crippen LogP contribution in [0.25, 0.3) is 0 Å². The number of nitrogens with one attached hydrogen (secondary N) is 1. The van der Waals surface area contributed by atoms with Gasteiger partial charge >= 0.3 is 5.97 Å². The summed E-state index contributed by atoms with van der Waals surface area (Å²) in [6, 6.07) is 16.6. The van der Waals surface area contributed by atoms with E-state index in [1.165, 1.54) is 42.7 Å². The Bertz CT molecular complexity index is 685. The van der Waals surface area contributed by atoms with Crippen LogP contribution in [0, 0.1) is 0 Å². The molecule has 0 fully saturated rings. The fourth-order valence-electron chi connectivity index (χ4n) is 2.84. The molecule has 0 spiro atoms. The molecular weight excluding hydrogens is 354 g/mol. The molecule has 27 heavy (non-hydrogen) atoms. The number of esters is 1. The second kappa shape index (κ2) is 12.4. The van der Waals surface area contributed by atoms with E-state index in [0.717, 1.165) is 17.0 Å². The largest absolute Gasteiger partial charge is 0.466 e. The summed E-state index contributed by atoms with van der Waals surface area (Å²) < 4.78 is 5.02. The SMILES string of the molecule is CCCCCCCNc1ccc(Sc2cccc(CC(=O)OCC)c2)cc1. The van der Waals surface area contributed by atoms with Crippen molar-refractivity contribution in [3.05, 3.63) is 54.1 Å². The highest BCUT2D eigenvalue weighted by molar-refractivity contribution is 7.99. The van der Waals surface area contributed by atoms with Gasteiger partial charge in [0.1, 0.15) is 0 Å². The molecule has 0 aliphatic carbocycles. The third kappa shape index (κ3) is 8.53. The van der Waals surface area contributed by atoms with Crippen LogP contribution < -0.4 is 5.32 Å². The molecule has 2 rings (SSSR count). The number of benzene rings is 2. The van der Waals surface area contributed by atoms with Gasteiger partial charge in [-0.05, 0) is 55.3 Å². The first-order valence-corrected chi connectivity index (χ1v) is 10.8. The summed E-state index contributed by atoms with van der Waals surface area (Å²) in [5.41, 5.74) is 2.16. The van der Waals surface area contributed by atoms with Crippen LogP contribution in [0.2, 0.25) is 0 Å². The summed E-state index contributed by atoms with van der Waals surface area (Å²) in [6.45, 7) is 5.53. The Kier molecular flexibility index (Phi) is 9.85. The van der Waals surface area contributed by atoms with E-state index in [2.05, 4.69) is 48.6 Å². The van der Waals surface area contributed by atoms with Crippen LogP contribution in [0.4, 0.5) is 5.69 Å². The third-order valence-corrected chi connectivity index (χ3v) is 5.25. The Labute approximate surface area is 167 Å². The summed E-state index contributed by atoms with van der Waals surface area (Å²) in [5.74, 6) is -0.176. The van der Waals surface area contributed by atoms with Crippen LogP contribution in [0.15, 0.2) is 58.3 Å². The first-order valence-electron chi connectivity index (χ1n) is 9.97. The molecule has 4 heteroatoms. The van der Waals surface area contributed by atoms with Gasteiger partial charge in [0.2, 0.25) is 0 Å². The predicted molar refractivity (Wildman–Crippen MR) is 115 cm³/mol. The lowest BCUT2D eigenvalue weighted by Crippen LogP contribution is -2.07. The average molecular weight is 386 g/mol. The molecule has 0 unspecified atom stereocenters. The second-order valence-corrected chi connectivity index (χ2v) is 7.74. The van der Waals surface area contributed by atoms with Gasteiger partial charge in [-0.3, -0.25) is 4.79 Å². The molecule has 0 aliphatic rings. The molecule has 0 saturated heterocycles. The molecule has 0 radical (unpaired) electrons. The maximum Gasteiger partial charge on any atom is 0.310 e. The fourth-order valence-corrected chi connectivity index (χ4v) is 3.74. The minimum Gasteiger partial charge on any atom is -0.466 e. The Balaban J connectivity index is 1.81. The summed E-state index contributed by atoms with van der Waals surface area (Å²) in [6.07, 6.45) is 6.82. The van der Waals surface area contributed by atoms with E-state index >= 15 is 0 Å². The number of rotatable bonds is 12. The molecule has 0 saturated carbocycles. The number of anilines is 1. The summed E-state index contributed by atoms with van der Waals surface area (Å²) in [7, 11) is 0. The Morgan fingerprint density at radius 2 is 1.74 bits per heavy atom.